The molecular weight excluding hydrogens is 400 g/mol. The van der Waals surface area contributed by atoms with Crippen LogP contribution in [0.2, 0.25) is 0 Å². The molecule has 0 aliphatic heterocycles. The second-order valence-corrected chi connectivity index (χ2v) is 6.22. The minimum absolute atomic E-state index is 0. The highest BCUT2D eigenvalue weighted by molar-refractivity contribution is 5.95. The minimum Gasteiger partial charge on any atom is -0.348 e. The number of nitrogens with one attached hydrogen (secondary N) is 2. The molecule has 0 atom stereocenters. The summed E-state index contributed by atoms with van der Waals surface area (Å²) in [5.41, 5.74) is 1.03. The summed E-state index contributed by atoms with van der Waals surface area (Å²) < 4.78 is 52.4. The van der Waals surface area contributed by atoms with Gasteiger partial charge in [-0.25, -0.2) is 27.5 Å². The maximum absolute atomic E-state index is 13.7. The molecule has 2 N–H and O–H groups in total. The van der Waals surface area contributed by atoms with Crippen LogP contribution in [0.3, 0.4) is 0 Å². The van der Waals surface area contributed by atoms with Gasteiger partial charge in [-0.15, -0.1) is 0 Å². The van der Waals surface area contributed by atoms with Crippen LogP contribution in [0.5, 0.6) is 0 Å². The van der Waals surface area contributed by atoms with Gasteiger partial charge in [0.25, 0.3) is 5.91 Å². The van der Waals surface area contributed by atoms with Crippen LogP contribution in [0.15, 0.2) is 61.2 Å². The predicted octanol–water partition coefficient (Wildman–Crippen LogP) is 5.09. The van der Waals surface area contributed by atoms with E-state index in [2.05, 4.69) is 20.6 Å². The number of amides is 1. The summed E-state index contributed by atoms with van der Waals surface area (Å²) in [6.07, 6.45) is 5.22. The number of carbonyl (C=O) groups is 1. The number of rotatable bonds is 7. The third-order valence-electron chi connectivity index (χ3n) is 4.06. The van der Waals surface area contributed by atoms with E-state index in [1.807, 2.05) is 0 Å². The van der Waals surface area contributed by atoms with Gasteiger partial charge in [0.1, 0.15) is 17.5 Å². The molecule has 0 bridgehead atoms. The predicted molar refractivity (Wildman–Crippen MR) is 107 cm³/mol. The number of hydrogen-bond acceptors (Lipinski definition) is 4. The van der Waals surface area contributed by atoms with Crippen molar-refractivity contribution in [2.75, 3.05) is 5.32 Å². The van der Waals surface area contributed by atoms with E-state index in [4.69, 9.17) is 0 Å². The smallest absolute Gasteiger partial charge is 0.251 e. The lowest BCUT2D eigenvalue weighted by Crippen LogP contribution is -2.24. The highest BCUT2D eigenvalue weighted by Crippen LogP contribution is 2.17. The summed E-state index contributed by atoms with van der Waals surface area (Å²) in [6, 6.07) is 7.42. The number of aromatic nitrogens is 2. The minimum atomic E-state index is -1.08. The molecular formula is C21H20F4N4O. The van der Waals surface area contributed by atoms with Crippen LogP contribution in [-0.2, 0) is 13.0 Å². The standard InChI is InChI=1S/C21H16F4N4O.2H2/c22-6-2-3-13-10-27-21(28-11-13)29-16-5-1-4-14(7-16)20(30)26-12-17-18(24)8-15(23)9-19(17)25;;/h1-2,4-11H,3,12H2,(H,26,30)(H,27,28,29);2*1H/b6-2+;;. The van der Waals surface area contributed by atoms with Gasteiger partial charge in [-0.05, 0) is 30.2 Å². The molecule has 1 aromatic heterocycles. The SMILES string of the molecule is O=C(NCc1c(F)cc(F)cc1F)c1cccc(Nc2ncc(C/C=C/F)cn2)c1.[HH].[HH]. The molecule has 0 saturated carbocycles. The van der Waals surface area contributed by atoms with Crippen LogP contribution in [-0.4, -0.2) is 15.9 Å². The highest BCUT2D eigenvalue weighted by Gasteiger charge is 2.13. The first kappa shape index (κ1) is 21.0. The summed E-state index contributed by atoms with van der Waals surface area (Å²) in [4.78, 5) is 20.6. The zero-order chi connectivity index (χ0) is 21.5. The quantitative estimate of drug-likeness (QED) is 0.523. The van der Waals surface area contributed by atoms with Crippen LogP contribution in [0.4, 0.5) is 29.2 Å². The average molecular weight is 420 g/mol. The molecule has 3 rings (SSSR count). The first-order valence-corrected chi connectivity index (χ1v) is 8.81. The van der Waals surface area contributed by atoms with Gasteiger partial charge in [0.2, 0.25) is 5.95 Å². The van der Waals surface area contributed by atoms with Crippen LogP contribution in [0, 0.1) is 17.5 Å². The maximum atomic E-state index is 13.7. The zero-order valence-corrected chi connectivity index (χ0v) is 15.5. The van der Waals surface area contributed by atoms with Crippen molar-refractivity contribution in [3.05, 3.63) is 95.3 Å². The third-order valence-corrected chi connectivity index (χ3v) is 4.06. The average Bonchev–Trinajstić information content (AvgIpc) is 2.72. The number of halogens is 4. The van der Waals surface area contributed by atoms with E-state index in [0.717, 1.165) is 5.56 Å². The molecule has 158 valence electrons. The van der Waals surface area contributed by atoms with Gasteiger partial charge >= 0.3 is 0 Å². The Bertz CT molecular complexity index is 1060. The molecule has 0 unspecified atom stereocenters. The summed E-state index contributed by atoms with van der Waals surface area (Å²) in [6.45, 7) is -0.438. The molecule has 30 heavy (non-hydrogen) atoms. The fourth-order valence-electron chi connectivity index (χ4n) is 2.58. The molecule has 3 aromatic rings. The van der Waals surface area contributed by atoms with Crippen LogP contribution < -0.4 is 10.6 Å². The number of nitrogens with zero attached hydrogens (tertiary/aromatic N) is 2. The second-order valence-electron chi connectivity index (χ2n) is 6.22. The van der Waals surface area contributed by atoms with Gasteiger partial charge < -0.3 is 10.6 Å². The van der Waals surface area contributed by atoms with E-state index in [9.17, 15) is 22.4 Å². The number of hydrogen-bond donors (Lipinski definition) is 2. The Hall–Kier alpha value is -3.75. The van der Waals surface area contributed by atoms with Gasteiger partial charge in [0.05, 0.1) is 6.33 Å². The molecule has 0 saturated heterocycles. The molecule has 0 aliphatic rings. The lowest BCUT2D eigenvalue weighted by molar-refractivity contribution is 0.0950. The summed E-state index contributed by atoms with van der Waals surface area (Å²) in [5, 5.41) is 5.32. The molecule has 0 radical (unpaired) electrons. The molecule has 2 aromatic carbocycles. The molecule has 0 spiro atoms. The molecule has 9 heteroatoms. The Balaban J connectivity index is 0.00000256. The first-order valence-electron chi connectivity index (χ1n) is 8.81. The van der Waals surface area contributed by atoms with E-state index in [-0.39, 0.29) is 14.4 Å². The lowest BCUT2D eigenvalue weighted by atomic mass is 10.1. The fraction of sp³-hybridized carbons (Fsp3) is 0.0952. The second kappa shape index (κ2) is 9.64. The normalized spacial score (nSPS) is 10.9. The number of benzene rings is 2. The van der Waals surface area contributed by atoms with Crippen LogP contribution in [0.25, 0.3) is 0 Å². The molecule has 5 nitrogen and oxygen atoms in total. The largest absolute Gasteiger partial charge is 0.348 e. The maximum Gasteiger partial charge on any atom is 0.251 e. The molecule has 1 heterocycles. The summed E-state index contributed by atoms with van der Waals surface area (Å²) in [7, 11) is 0. The zero-order valence-electron chi connectivity index (χ0n) is 15.5. The van der Waals surface area contributed by atoms with Crippen molar-refractivity contribution < 1.29 is 25.2 Å². The lowest BCUT2D eigenvalue weighted by Gasteiger charge is -2.10. The number of allylic oxidation sites excluding steroid dienone is 1. The van der Waals surface area contributed by atoms with E-state index < -0.39 is 35.5 Å². The topological polar surface area (TPSA) is 66.9 Å². The third kappa shape index (κ3) is 5.40. The molecule has 0 fully saturated rings. The molecule has 0 aliphatic carbocycles. The van der Waals surface area contributed by atoms with Crippen LogP contribution >= 0.6 is 0 Å². The van der Waals surface area contributed by atoms with Crippen LogP contribution in [0.1, 0.15) is 24.3 Å². The van der Waals surface area contributed by atoms with E-state index >= 15 is 0 Å². The van der Waals surface area contributed by atoms with Crippen molar-refractivity contribution >= 4 is 17.5 Å². The van der Waals surface area contributed by atoms with Gasteiger partial charge in [-0.2, -0.15) is 0 Å². The Morgan fingerprint density at radius 1 is 1.07 bits per heavy atom. The Morgan fingerprint density at radius 3 is 2.43 bits per heavy atom. The highest BCUT2D eigenvalue weighted by atomic mass is 19.1. The number of anilines is 2. The Labute approximate surface area is 172 Å². The van der Waals surface area contributed by atoms with E-state index in [1.54, 1.807) is 12.1 Å². The summed E-state index contributed by atoms with van der Waals surface area (Å²) in [5.74, 6) is -3.49. The number of carbonyl (C=O) groups excluding carboxylic acids is 1. The van der Waals surface area contributed by atoms with Crippen molar-refractivity contribution in [3.63, 3.8) is 0 Å². The van der Waals surface area contributed by atoms with Crippen molar-refractivity contribution in [3.8, 4) is 0 Å². The molecule has 1 amide bonds. The monoisotopic (exact) mass is 420 g/mol. The van der Waals surface area contributed by atoms with Crippen molar-refractivity contribution in [2.24, 2.45) is 0 Å². The Morgan fingerprint density at radius 2 is 1.77 bits per heavy atom. The first-order chi connectivity index (χ1) is 14.5. The fourth-order valence-corrected chi connectivity index (χ4v) is 2.58. The van der Waals surface area contributed by atoms with Gasteiger partial charge in [-0.3, -0.25) is 4.79 Å². The van der Waals surface area contributed by atoms with Gasteiger partial charge in [-0.1, -0.05) is 12.1 Å². The Kier molecular flexibility index (Phi) is 6.74. The van der Waals surface area contributed by atoms with Crippen molar-refractivity contribution in [1.29, 1.82) is 0 Å². The van der Waals surface area contributed by atoms with E-state index in [1.165, 1.54) is 30.6 Å². The van der Waals surface area contributed by atoms with Gasteiger partial charge in [0, 0.05) is 50.7 Å². The van der Waals surface area contributed by atoms with E-state index in [0.29, 0.717) is 30.6 Å². The van der Waals surface area contributed by atoms with Crippen molar-refractivity contribution in [2.45, 2.75) is 13.0 Å². The van der Waals surface area contributed by atoms with Crippen molar-refractivity contribution in [1.82, 2.24) is 15.3 Å². The summed E-state index contributed by atoms with van der Waals surface area (Å²) >= 11 is 0. The van der Waals surface area contributed by atoms with Gasteiger partial charge in [0.15, 0.2) is 0 Å².